The zero-order chi connectivity index (χ0) is 14.3. The molecule has 0 aliphatic heterocycles. The van der Waals surface area contributed by atoms with Gasteiger partial charge in [0.25, 0.3) is 0 Å². The Morgan fingerprint density at radius 2 is 1.74 bits per heavy atom. The van der Waals surface area contributed by atoms with Crippen LogP contribution < -0.4 is 4.74 Å². The molecule has 0 heterocycles. The second kappa shape index (κ2) is 4.25. The molecule has 0 spiro atoms. The Labute approximate surface area is 112 Å². The van der Waals surface area contributed by atoms with E-state index in [-0.39, 0.29) is 0 Å². The number of methoxy groups -OCH3 is 1. The first-order valence-electron chi connectivity index (χ1n) is 5.56. The minimum atomic E-state index is -3.45. The van der Waals surface area contributed by atoms with Crippen molar-refractivity contribution in [2.24, 2.45) is 5.41 Å². The third kappa shape index (κ3) is 1.94. The van der Waals surface area contributed by atoms with Gasteiger partial charge in [-0.25, -0.2) is 8.42 Å². The lowest BCUT2D eigenvalue weighted by molar-refractivity contribution is 0.414. The topological polar surface area (TPSA) is 90.9 Å². The first kappa shape index (κ1) is 13.4. The van der Waals surface area contributed by atoms with Crippen molar-refractivity contribution in [3.05, 3.63) is 29.8 Å². The van der Waals surface area contributed by atoms with Crippen LogP contribution in [-0.2, 0) is 9.84 Å². The fourth-order valence-electron chi connectivity index (χ4n) is 2.48. The number of hydrogen-bond donors (Lipinski definition) is 0. The molecule has 5 nitrogen and oxygen atoms in total. The Morgan fingerprint density at radius 1 is 1.21 bits per heavy atom. The Bertz CT molecular complexity index is 666. The zero-order valence-corrected chi connectivity index (χ0v) is 11.3. The molecular formula is C13H12N2O3S. The van der Waals surface area contributed by atoms with Crippen LogP contribution in [0.5, 0.6) is 5.75 Å². The van der Waals surface area contributed by atoms with Crippen LogP contribution in [0.25, 0.3) is 0 Å². The lowest BCUT2D eigenvalue weighted by atomic mass is 10.0. The van der Waals surface area contributed by atoms with Gasteiger partial charge in [0.15, 0.2) is 15.3 Å². The van der Waals surface area contributed by atoms with Gasteiger partial charge in [0.05, 0.1) is 19.2 Å². The SMILES string of the molecule is COc1ccc([C@@H]2[C@@H](S(C)(=O)=O)C2(C#N)C#N)cc1. The van der Waals surface area contributed by atoms with Crippen LogP contribution in [0.2, 0.25) is 0 Å². The molecule has 0 amide bonds. The average Bonchev–Trinajstić information content (AvgIpc) is 3.09. The quantitative estimate of drug-likeness (QED) is 0.828. The van der Waals surface area contributed by atoms with Crippen LogP contribution in [-0.4, -0.2) is 27.0 Å². The molecular weight excluding hydrogens is 264 g/mol. The number of rotatable bonds is 3. The summed E-state index contributed by atoms with van der Waals surface area (Å²) in [6.07, 6.45) is 1.06. The van der Waals surface area contributed by atoms with E-state index in [2.05, 4.69) is 0 Å². The van der Waals surface area contributed by atoms with Crippen LogP contribution in [0.3, 0.4) is 0 Å². The number of hydrogen-bond acceptors (Lipinski definition) is 5. The van der Waals surface area contributed by atoms with Gasteiger partial charge < -0.3 is 4.74 Å². The van der Waals surface area contributed by atoms with Crippen molar-refractivity contribution in [3.8, 4) is 17.9 Å². The Balaban J connectivity index is 2.45. The van der Waals surface area contributed by atoms with Crippen molar-refractivity contribution in [2.45, 2.75) is 11.2 Å². The van der Waals surface area contributed by atoms with E-state index in [0.29, 0.717) is 11.3 Å². The predicted molar refractivity (Wildman–Crippen MR) is 68.0 cm³/mol. The lowest BCUT2D eigenvalue weighted by Gasteiger charge is -2.02. The van der Waals surface area contributed by atoms with Crippen molar-refractivity contribution >= 4 is 9.84 Å². The first-order chi connectivity index (χ1) is 8.90. The molecule has 98 valence electrons. The third-order valence-electron chi connectivity index (χ3n) is 3.44. The van der Waals surface area contributed by atoms with Crippen molar-refractivity contribution in [1.82, 2.24) is 0 Å². The van der Waals surface area contributed by atoms with Gasteiger partial charge in [0, 0.05) is 12.2 Å². The molecule has 1 aromatic rings. The molecule has 1 aromatic carbocycles. The summed E-state index contributed by atoms with van der Waals surface area (Å²) >= 11 is 0. The van der Waals surface area contributed by atoms with Gasteiger partial charge in [-0.2, -0.15) is 10.5 Å². The van der Waals surface area contributed by atoms with Crippen LogP contribution >= 0.6 is 0 Å². The van der Waals surface area contributed by atoms with E-state index in [1.54, 1.807) is 24.3 Å². The van der Waals surface area contributed by atoms with E-state index in [9.17, 15) is 8.42 Å². The molecule has 0 radical (unpaired) electrons. The highest BCUT2D eigenvalue weighted by atomic mass is 32.2. The molecule has 1 fully saturated rings. The van der Waals surface area contributed by atoms with E-state index < -0.39 is 26.4 Å². The summed E-state index contributed by atoms with van der Waals surface area (Å²) in [5, 5.41) is 17.4. The maximum absolute atomic E-state index is 11.7. The van der Waals surface area contributed by atoms with Gasteiger partial charge in [-0.3, -0.25) is 0 Å². The van der Waals surface area contributed by atoms with E-state index in [1.807, 2.05) is 12.1 Å². The zero-order valence-electron chi connectivity index (χ0n) is 10.5. The maximum atomic E-state index is 11.7. The minimum absolute atomic E-state index is 0.594. The fraction of sp³-hybridized carbons (Fsp3) is 0.385. The molecule has 2 atom stereocenters. The second-order valence-electron chi connectivity index (χ2n) is 4.59. The number of nitrogens with zero attached hydrogens (tertiary/aromatic N) is 2. The van der Waals surface area contributed by atoms with Crippen LogP contribution in [0.15, 0.2) is 24.3 Å². The first-order valence-corrected chi connectivity index (χ1v) is 7.51. The Morgan fingerprint density at radius 3 is 2.05 bits per heavy atom. The summed E-state index contributed by atoms with van der Waals surface area (Å²) in [4.78, 5) is 0. The third-order valence-corrected chi connectivity index (χ3v) is 5.01. The maximum Gasteiger partial charge on any atom is 0.169 e. The molecule has 0 N–H and O–H groups in total. The highest BCUT2D eigenvalue weighted by Crippen LogP contribution is 2.62. The van der Waals surface area contributed by atoms with Gasteiger partial charge in [0.1, 0.15) is 11.0 Å². The average molecular weight is 276 g/mol. The molecule has 1 saturated carbocycles. The summed E-state index contributed by atoms with van der Waals surface area (Å²) in [5.74, 6) is 0.0447. The number of sulfone groups is 1. The summed E-state index contributed by atoms with van der Waals surface area (Å²) in [6, 6.07) is 10.5. The highest BCUT2D eigenvalue weighted by Gasteiger charge is 2.72. The molecule has 1 aliphatic rings. The van der Waals surface area contributed by atoms with Crippen molar-refractivity contribution < 1.29 is 13.2 Å². The van der Waals surface area contributed by atoms with Crippen molar-refractivity contribution in [1.29, 1.82) is 10.5 Å². The number of ether oxygens (including phenoxy) is 1. The summed E-state index contributed by atoms with van der Waals surface area (Å²) in [6.45, 7) is 0. The summed E-state index contributed by atoms with van der Waals surface area (Å²) < 4.78 is 28.4. The standard InChI is InChI=1S/C13H12N2O3S/c1-18-10-5-3-9(4-6-10)11-12(19(2,16)17)13(11,7-14)8-15/h3-6,11-12H,1-2H3/t11-,12-/m1/s1. The van der Waals surface area contributed by atoms with E-state index in [0.717, 1.165) is 6.26 Å². The molecule has 19 heavy (non-hydrogen) atoms. The van der Waals surface area contributed by atoms with Crippen LogP contribution in [0, 0.1) is 28.1 Å². The normalized spacial score (nSPS) is 24.0. The highest BCUT2D eigenvalue weighted by molar-refractivity contribution is 7.91. The predicted octanol–water partition coefficient (Wildman–Crippen LogP) is 1.24. The van der Waals surface area contributed by atoms with Gasteiger partial charge in [-0.15, -0.1) is 0 Å². The van der Waals surface area contributed by atoms with E-state index >= 15 is 0 Å². The Kier molecular flexibility index (Phi) is 3.00. The van der Waals surface area contributed by atoms with Crippen molar-refractivity contribution in [3.63, 3.8) is 0 Å². The van der Waals surface area contributed by atoms with Crippen LogP contribution in [0.4, 0.5) is 0 Å². The van der Waals surface area contributed by atoms with Gasteiger partial charge in [-0.1, -0.05) is 12.1 Å². The number of nitriles is 2. The van der Waals surface area contributed by atoms with Gasteiger partial charge in [-0.05, 0) is 17.7 Å². The van der Waals surface area contributed by atoms with Gasteiger partial charge >= 0.3 is 0 Å². The molecule has 0 bridgehead atoms. The smallest absolute Gasteiger partial charge is 0.169 e. The lowest BCUT2D eigenvalue weighted by Crippen LogP contribution is -2.11. The second-order valence-corrected chi connectivity index (χ2v) is 6.76. The largest absolute Gasteiger partial charge is 0.497 e. The fourth-order valence-corrected chi connectivity index (χ4v) is 4.20. The van der Waals surface area contributed by atoms with Gasteiger partial charge in [0.2, 0.25) is 0 Å². The number of benzene rings is 1. The van der Waals surface area contributed by atoms with Crippen molar-refractivity contribution in [2.75, 3.05) is 13.4 Å². The van der Waals surface area contributed by atoms with E-state index in [1.165, 1.54) is 7.11 Å². The molecule has 0 aromatic heterocycles. The summed E-state index contributed by atoms with van der Waals surface area (Å²) in [7, 11) is -1.92. The Hall–Kier alpha value is -2.05. The molecule has 1 aliphatic carbocycles. The molecule has 6 heteroatoms. The van der Waals surface area contributed by atoms with Crippen LogP contribution in [0.1, 0.15) is 11.5 Å². The summed E-state index contributed by atoms with van der Waals surface area (Å²) in [5.41, 5.74) is -0.804. The minimum Gasteiger partial charge on any atom is -0.497 e. The molecule has 0 unspecified atom stereocenters. The van der Waals surface area contributed by atoms with E-state index in [4.69, 9.17) is 15.3 Å². The molecule has 2 rings (SSSR count). The molecule has 0 saturated heterocycles. The monoisotopic (exact) mass is 276 g/mol.